The maximum Gasteiger partial charge on any atom is 0.407 e. The fourth-order valence-corrected chi connectivity index (χ4v) is 13.9. The van der Waals surface area contributed by atoms with Gasteiger partial charge in [-0.3, -0.25) is 0 Å². The normalized spacial score (nSPS) is 13.6. The Morgan fingerprint density at radius 2 is 1.19 bits per heavy atom. The van der Waals surface area contributed by atoms with Gasteiger partial charge in [0.15, 0.2) is 0 Å². The van der Waals surface area contributed by atoms with Crippen LogP contribution in [0.1, 0.15) is 127 Å². The summed E-state index contributed by atoms with van der Waals surface area (Å²) in [4.78, 5) is 14.3. The highest BCUT2D eigenvalue weighted by atomic mass is 28.4. The first kappa shape index (κ1) is 48.5. The lowest BCUT2D eigenvalue weighted by Gasteiger charge is -2.44. The van der Waals surface area contributed by atoms with Gasteiger partial charge >= 0.3 is 6.09 Å². The van der Waals surface area contributed by atoms with Gasteiger partial charge in [-0.1, -0.05) is 225 Å². The van der Waals surface area contributed by atoms with E-state index in [0.717, 1.165) is 24.2 Å². The largest absolute Gasteiger partial charge is 0.497 e. The number of fused-ring (bicyclic) bond motifs is 3. The molecule has 5 aromatic rings. The van der Waals surface area contributed by atoms with Gasteiger partial charge in [0.2, 0.25) is 0 Å². The first-order chi connectivity index (χ1) is 31.2. The molecule has 0 saturated carbocycles. The molecular weight excluding hydrogens is 807 g/mol. The van der Waals surface area contributed by atoms with Gasteiger partial charge in [0.1, 0.15) is 12.4 Å². The number of methoxy groups -OCH3 is 1. The molecule has 1 aliphatic rings. The van der Waals surface area contributed by atoms with Crippen LogP contribution >= 0.6 is 0 Å². The van der Waals surface area contributed by atoms with E-state index in [1.54, 1.807) is 7.11 Å². The Bertz CT molecular complexity index is 2060. The molecule has 2 atom stereocenters. The molecule has 64 heavy (non-hydrogen) atoms. The summed E-state index contributed by atoms with van der Waals surface area (Å²) in [5, 5.41) is 5.41. The third kappa shape index (κ3) is 13.1. The first-order valence-corrected chi connectivity index (χ1v) is 25.9. The van der Waals surface area contributed by atoms with Gasteiger partial charge in [0.25, 0.3) is 8.32 Å². The fourth-order valence-electron chi connectivity index (χ4n) is 9.36. The van der Waals surface area contributed by atoms with Gasteiger partial charge in [0.05, 0.1) is 32.5 Å². The van der Waals surface area contributed by atoms with E-state index in [-0.39, 0.29) is 24.2 Å². The van der Waals surface area contributed by atoms with Crippen LogP contribution < -0.4 is 20.4 Å². The van der Waals surface area contributed by atoms with Crippen LogP contribution in [0.3, 0.4) is 0 Å². The van der Waals surface area contributed by atoms with Crippen LogP contribution in [-0.2, 0) is 20.5 Å². The van der Waals surface area contributed by atoms with E-state index in [4.69, 9.17) is 18.6 Å². The molecule has 0 bridgehead atoms. The second kappa shape index (κ2) is 24.9. The molecule has 0 heterocycles. The number of ether oxygens (including phenoxy) is 3. The summed E-state index contributed by atoms with van der Waals surface area (Å²) in [6, 6.07) is 45.5. The lowest BCUT2D eigenvalue weighted by atomic mass is 9.98. The van der Waals surface area contributed by atoms with E-state index in [0.29, 0.717) is 6.61 Å². The van der Waals surface area contributed by atoms with E-state index in [1.807, 2.05) is 24.3 Å². The summed E-state index contributed by atoms with van der Waals surface area (Å²) in [6.45, 7) is 9.88. The van der Waals surface area contributed by atoms with Crippen molar-refractivity contribution in [3.63, 3.8) is 0 Å². The van der Waals surface area contributed by atoms with Crippen LogP contribution in [0.15, 0.2) is 146 Å². The van der Waals surface area contributed by atoms with Crippen molar-refractivity contribution in [3.05, 3.63) is 162 Å². The van der Waals surface area contributed by atoms with Gasteiger partial charge in [-0.15, -0.1) is 0 Å². The third-order valence-corrected chi connectivity index (χ3v) is 17.8. The number of alkyl carbamates (subject to hydrolysis) is 1. The Morgan fingerprint density at radius 1 is 0.672 bits per heavy atom. The topological polar surface area (TPSA) is 66.0 Å². The Kier molecular flexibility index (Phi) is 18.9. The number of allylic oxidation sites excluding steroid dienone is 1. The van der Waals surface area contributed by atoms with E-state index >= 15 is 0 Å². The molecule has 7 heteroatoms. The molecule has 1 aliphatic carbocycles. The maximum atomic E-state index is 14.3. The summed E-state index contributed by atoms with van der Waals surface area (Å²) in [6.07, 6.45) is 18.7. The van der Waals surface area contributed by atoms with Crippen molar-refractivity contribution in [1.29, 1.82) is 0 Å². The zero-order valence-corrected chi connectivity index (χ0v) is 40.2. The van der Waals surface area contributed by atoms with E-state index in [9.17, 15) is 4.79 Å². The number of nitrogens with one attached hydrogen (secondary N) is 1. The molecule has 6 rings (SSSR count). The number of rotatable bonds is 26. The number of carbonyl (C=O) groups is 1. The van der Waals surface area contributed by atoms with Crippen molar-refractivity contribution in [2.24, 2.45) is 0 Å². The third-order valence-electron chi connectivity index (χ3n) is 12.8. The minimum atomic E-state index is -2.98. The van der Waals surface area contributed by atoms with Crippen molar-refractivity contribution in [3.8, 4) is 16.9 Å². The predicted octanol–water partition coefficient (Wildman–Crippen LogP) is 13.3. The molecule has 0 unspecified atom stereocenters. The molecule has 0 aromatic heterocycles. The fraction of sp³-hybridized carbons (Fsp3) is 0.421. The number of hydrogen-bond acceptors (Lipinski definition) is 5. The van der Waals surface area contributed by atoms with Gasteiger partial charge in [0, 0.05) is 5.92 Å². The minimum Gasteiger partial charge on any atom is -0.497 e. The zero-order chi connectivity index (χ0) is 45.0. The lowest BCUT2D eigenvalue weighted by Crippen LogP contribution is -2.67. The maximum absolute atomic E-state index is 14.3. The summed E-state index contributed by atoms with van der Waals surface area (Å²) < 4.78 is 26.0. The van der Waals surface area contributed by atoms with Crippen LogP contribution in [0.5, 0.6) is 5.75 Å². The molecular formula is C57H73NO5Si. The number of hydrogen-bond donors (Lipinski definition) is 1. The highest BCUT2D eigenvalue weighted by Gasteiger charge is 2.50. The number of unbranched alkanes of at least 4 members (excludes halogenated alkanes) is 11. The van der Waals surface area contributed by atoms with E-state index in [1.165, 1.54) is 96.8 Å². The minimum absolute atomic E-state index is 0.0576. The highest BCUT2D eigenvalue weighted by Crippen LogP contribution is 2.44. The number of amides is 1. The van der Waals surface area contributed by atoms with Gasteiger partial charge < -0.3 is 24.0 Å². The monoisotopic (exact) mass is 880 g/mol. The molecule has 0 radical (unpaired) electrons. The summed E-state index contributed by atoms with van der Waals surface area (Å²) in [7, 11) is -1.31. The Labute approximate surface area is 385 Å². The standard InChI is InChI=1S/C57H73NO5Si/c1-6-7-8-9-10-11-12-13-14-15-16-17-24-37-55(61-42-45-38-40-46(60-5)41-39-45)54(44-63-64(57(2,3)4,47-29-20-18-21-30-47)48-31-22-19-23-32-48)58-56(59)62-43-53-51-35-27-25-33-49(51)50-34-26-28-36-52(50)53/h18-41,53-55H,6-17,42-44H2,1-5H3,(H,58,59)/b37-24+/t54-,55+/m0/s1. The summed E-state index contributed by atoms with van der Waals surface area (Å²) in [5.41, 5.74) is 5.75. The second-order valence-corrected chi connectivity index (χ2v) is 22.7. The molecule has 6 nitrogen and oxygen atoms in total. The molecule has 0 fully saturated rings. The molecule has 1 N–H and O–H groups in total. The van der Waals surface area contributed by atoms with Crippen LogP contribution in [0.2, 0.25) is 5.04 Å². The van der Waals surface area contributed by atoms with Crippen LogP contribution in [0.4, 0.5) is 4.79 Å². The highest BCUT2D eigenvalue weighted by molar-refractivity contribution is 6.99. The molecule has 5 aromatic carbocycles. The average molecular weight is 880 g/mol. The van der Waals surface area contributed by atoms with Crippen molar-refractivity contribution in [2.45, 2.75) is 134 Å². The van der Waals surface area contributed by atoms with E-state index < -0.39 is 26.6 Å². The molecule has 0 saturated heterocycles. The van der Waals surface area contributed by atoms with Crippen LogP contribution in [0, 0.1) is 0 Å². The lowest BCUT2D eigenvalue weighted by molar-refractivity contribution is 0.0293. The van der Waals surface area contributed by atoms with Gasteiger partial charge in [-0.05, 0) is 68.2 Å². The van der Waals surface area contributed by atoms with Crippen molar-refractivity contribution in [2.75, 3.05) is 20.3 Å². The molecule has 340 valence electrons. The Balaban J connectivity index is 1.24. The smallest absolute Gasteiger partial charge is 0.407 e. The second-order valence-electron chi connectivity index (χ2n) is 18.4. The molecule has 1 amide bonds. The number of benzene rings is 5. The zero-order valence-electron chi connectivity index (χ0n) is 39.2. The Morgan fingerprint density at radius 3 is 1.72 bits per heavy atom. The summed E-state index contributed by atoms with van der Waals surface area (Å²) in [5.74, 6) is 0.735. The van der Waals surface area contributed by atoms with Gasteiger partial charge in [-0.25, -0.2) is 4.79 Å². The Hall–Kier alpha value is -4.95. The van der Waals surface area contributed by atoms with E-state index in [2.05, 4.69) is 154 Å². The van der Waals surface area contributed by atoms with Crippen molar-refractivity contribution < 1.29 is 23.4 Å². The van der Waals surface area contributed by atoms with Crippen molar-refractivity contribution >= 4 is 24.8 Å². The predicted molar refractivity (Wildman–Crippen MR) is 267 cm³/mol. The average Bonchev–Trinajstić information content (AvgIpc) is 3.64. The summed E-state index contributed by atoms with van der Waals surface area (Å²) >= 11 is 0. The molecule has 0 aliphatic heterocycles. The van der Waals surface area contributed by atoms with Crippen LogP contribution in [-0.4, -0.2) is 46.9 Å². The van der Waals surface area contributed by atoms with Gasteiger partial charge in [-0.2, -0.15) is 0 Å². The quantitative estimate of drug-likeness (QED) is 0.0340. The van der Waals surface area contributed by atoms with Crippen LogP contribution in [0.25, 0.3) is 11.1 Å². The number of carbonyl (C=O) groups excluding carboxylic acids is 1. The first-order valence-electron chi connectivity index (χ1n) is 24.0. The SMILES string of the molecule is CCCCCCCCCCCCC/C=C/[C@@H](OCc1ccc(OC)cc1)[C@H](CO[Si](c1ccccc1)(c1ccccc1)C(C)(C)C)NC(=O)OCC1c2ccccc2-c2ccccc21. The van der Waals surface area contributed by atoms with Crippen molar-refractivity contribution in [1.82, 2.24) is 5.32 Å². The molecule has 0 spiro atoms.